The van der Waals surface area contributed by atoms with Crippen LogP contribution in [0.3, 0.4) is 0 Å². The van der Waals surface area contributed by atoms with Crippen LogP contribution in [0.25, 0.3) is 21.5 Å². The normalized spacial score (nSPS) is 19.6. The summed E-state index contributed by atoms with van der Waals surface area (Å²) >= 11 is 2.93. The van der Waals surface area contributed by atoms with E-state index in [0.717, 1.165) is 50.0 Å². The van der Waals surface area contributed by atoms with Crippen LogP contribution < -0.4 is 5.32 Å². The highest BCUT2D eigenvalue weighted by Crippen LogP contribution is 2.36. The van der Waals surface area contributed by atoms with Gasteiger partial charge in [-0.05, 0) is 44.0 Å². The second-order valence-corrected chi connectivity index (χ2v) is 11.6. The molecule has 1 fully saturated rings. The SMILES string of the molecule is Cc1ccc2c(c1)nc(SCC(=O)[N+]1(C(=O)Nc3nc(C)sc3-c3ccccc3)CCC[C@H]1C)n2C. The summed E-state index contributed by atoms with van der Waals surface area (Å²) < 4.78 is 1.80. The number of rotatable bonds is 5. The Balaban J connectivity index is 1.39. The van der Waals surface area contributed by atoms with E-state index in [1.807, 2.05) is 74.9 Å². The lowest BCUT2D eigenvalue weighted by molar-refractivity contribution is -0.781. The fraction of sp³-hybridized carbons (Fsp3) is 0.333. The summed E-state index contributed by atoms with van der Waals surface area (Å²) in [5, 5.41) is 4.68. The number of thioether (sulfide) groups is 1. The van der Waals surface area contributed by atoms with E-state index in [0.29, 0.717) is 12.4 Å². The highest BCUT2D eigenvalue weighted by Gasteiger charge is 2.52. The third kappa shape index (κ3) is 4.36. The molecule has 3 heterocycles. The van der Waals surface area contributed by atoms with Crippen molar-refractivity contribution in [3.05, 3.63) is 59.1 Å². The average Bonchev–Trinajstić information content (AvgIpc) is 3.53. The van der Waals surface area contributed by atoms with Crippen LogP contribution >= 0.6 is 23.1 Å². The van der Waals surface area contributed by atoms with Gasteiger partial charge >= 0.3 is 11.9 Å². The molecule has 0 bridgehead atoms. The number of benzene rings is 2. The van der Waals surface area contributed by atoms with Crippen molar-refractivity contribution < 1.29 is 14.1 Å². The van der Waals surface area contributed by atoms with Gasteiger partial charge in [-0.1, -0.05) is 48.2 Å². The Morgan fingerprint density at radius 2 is 1.94 bits per heavy atom. The molecule has 0 aliphatic carbocycles. The van der Waals surface area contributed by atoms with Crippen LogP contribution in [-0.4, -0.2) is 49.3 Å². The van der Waals surface area contributed by atoms with Crippen molar-refractivity contribution in [1.29, 1.82) is 0 Å². The number of carbonyl (C=O) groups excluding carboxylic acids is 2. The van der Waals surface area contributed by atoms with E-state index in [1.165, 1.54) is 23.1 Å². The molecular formula is C27H30N5O2S2+. The lowest BCUT2D eigenvalue weighted by Gasteiger charge is -2.32. The predicted molar refractivity (Wildman–Crippen MR) is 146 cm³/mol. The third-order valence-electron chi connectivity index (χ3n) is 7.01. The molecule has 1 unspecified atom stereocenters. The fourth-order valence-corrected chi connectivity index (χ4v) is 6.84. The molecule has 186 valence electrons. The highest BCUT2D eigenvalue weighted by atomic mass is 32.2. The zero-order valence-electron chi connectivity index (χ0n) is 20.9. The van der Waals surface area contributed by atoms with Crippen molar-refractivity contribution in [3.63, 3.8) is 0 Å². The number of likely N-dealkylation sites (tertiary alicyclic amines) is 1. The first-order valence-corrected chi connectivity index (χ1v) is 13.9. The number of urea groups is 1. The molecule has 2 aromatic heterocycles. The number of hydrogen-bond acceptors (Lipinski definition) is 6. The standard InChI is InChI=1S/C27H29N5O2S2/c1-17-12-13-22-21(15-17)29-26(31(22)4)35-16-23(33)32(14-8-9-18(32)2)27(34)30-25-24(36-19(3)28-25)20-10-6-5-7-11-20/h5-7,10-13,15,18H,8-9,14,16H2,1-4H3/p+1/t18-,32?/m1/s1. The highest BCUT2D eigenvalue weighted by molar-refractivity contribution is 7.99. The number of aryl methyl sites for hydroxylation is 3. The van der Waals surface area contributed by atoms with Crippen LogP contribution in [0.5, 0.6) is 0 Å². The molecule has 2 aromatic carbocycles. The molecule has 0 radical (unpaired) electrons. The van der Waals surface area contributed by atoms with Gasteiger partial charge in [0.05, 0.1) is 27.5 Å². The number of anilines is 1. The maximum atomic E-state index is 13.8. The van der Waals surface area contributed by atoms with Crippen LogP contribution in [0.1, 0.15) is 30.3 Å². The minimum absolute atomic E-state index is 0.0962. The zero-order valence-corrected chi connectivity index (χ0v) is 22.6. The molecule has 5 rings (SSSR count). The largest absolute Gasteiger partial charge is 0.429 e. The maximum Gasteiger partial charge on any atom is 0.429 e. The van der Waals surface area contributed by atoms with Crippen molar-refractivity contribution in [3.8, 4) is 10.4 Å². The fourth-order valence-electron chi connectivity index (χ4n) is 5.02. The van der Waals surface area contributed by atoms with E-state index < -0.39 is 0 Å². The molecule has 0 saturated carbocycles. The first-order valence-electron chi connectivity index (χ1n) is 12.1. The van der Waals surface area contributed by atoms with Crippen molar-refractivity contribution >= 4 is 51.9 Å². The van der Waals surface area contributed by atoms with Crippen molar-refractivity contribution in [2.75, 3.05) is 17.6 Å². The summed E-state index contributed by atoms with van der Waals surface area (Å²) in [5.41, 5.74) is 4.08. The molecule has 3 amide bonds. The molecule has 0 spiro atoms. The molecular weight excluding hydrogens is 490 g/mol. The molecule has 1 aliphatic rings. The Morgan fingerprint density at radius 1 is 1.17 bits per heavy atom. The number of quaternary nitrogens is 1. The summed E-state index contributed by atoms with van der Waals surface area (Å²) in [6.45, 7) is 6.46. The van der Waals surface area contributed by atoms with Gasteiger partial charge in [-0.25, -0.2) is 19.6 Å². The Morgan fingerprint density at radius 3 is 2.67 bits per heavy atom. The van der Waals surface area contributed by atoms with E-state index in [4.69, 9.17) is 4.98 Å². The van der Waals surface area contributed by atoms with Gasteiger partial charge in [0, 0.05) is 19.9 Å². The minimum atomic E-state index is -0.297. The van der Waals surface area contributed by atoms with E-state index in [-0.39, 0.29) is 28.2 Å². The zero-order chi connectivity index (χ0) is 25.4. The molecule has 7 nitrogen and oxygen atoms in total. The first kappa shape index (κ1) is 24.7. The Bertz CT molecular complexity index is 1450. The van der Waals surface area contributed by atoms with Crippen molar-refractivity contribution in [1.82, 2.24) is 14.5 Å². The number of amides is 3. The number of carbonyl (C=O) groups is 2. The van der Waals surface area contributed by atoms with Crippen LogP contribution in [0.2, 0.25) is 0 Å². The van der Waals surface area contributed by atoms with E-state index in [9.17, 15) is 9.59 Å². The number of imide groups is 1. The van der Waals surface area contributed by atoms with Gasteiger partial charge < -0.3 is 4.57 Å². The molecule has 1 saturated heterocycles. The third-order valence-corrected chi connectivity index (χ3v) is 9.04. The molecule has 1 aliphatic heterocycles. The predicted octanol–water partition coefficient (Wildman–Crippen LogP) is 6.16. The number of aromatic nitrogens is 3. The van der Waals surface area contributed by atoms with Crippen molar-refractivity contribution in [2.24, 2.45) is 7.05 Å². The topological polar surface area (TPSA) is 76.9 Å². The van der Waals surface area contributed by atoms with E-state index in [1.54, 1.807) is 0 Å². The van der Waals surface area contributed by atoms with Gasteiger partial charge in [0.1, 0.15) is 11.8 Å². The molecule has 2 atom stereocenters. The molecule has 4 aromatic rings. The second-order valence-electron chi connectivity index (χ2n) is 9.42. The van der Waals surface area contributed by atoms with Gasteiger partial charge in [-0.3, -0.25) is 5.32 Å². The van der Waals surface area contributed by atoms with Gasteiger partial charge in [-0.2, -0.15) is 4.48 Å². The van der Waals surface area contributed by atoms with Gasteiger partial charge in [0.25, 0.3) is 0 Å². The summed E-state index contributed by atoms with van der Waals surface area (Å²) in [6.07, 6.45) is 1.66. The Kier molecular flexibility index (Phi) is 6.72. The van der Waals surface area contributed by atoms with Crippen molar-refractivity contribution in [2.45, 2.75) is 44.8 Å². The lowest BCUT2D eigenvalue weighted by atomic mass is 10.2. The van der Waals surface area contributed by atoms with E-state index >= 15 is 0 Å². The summed E-state index contributed by atoms with van der Waals surface area (Å²) in [7, 11) is 1.96. The van der Waals surface area contributed by atoms with Gasteiger partial charge in [0.2, 0.25) is 0 Å². The second kappa shape index (κ2) is 9.80. The average molecular weight is 521 g/mol. The minimum Gasteiger partial charge on any atom is -0.322 e. The summed E-state index contributed by atoms with van der Waals surface area (Å²) in [5.74, 6) is 0.602. The number of nitrogens with one attached hydrogen (secondary N) is 1. The van der Waals surface area contributed by atoms with Crippen LogP contribution in [0.15, 0.2) is 53.7 Å². The quantitative estimate of drug-likeness (QED) is 0.252. The van der Waals surface area contributed by atoms with E-state index in [2.05, 4.69) is 16.4 Å². The van der Waals surface area contributed by atoms with Crippen LogP contribution in [0, 0.1) is 13.8 Å². The summed E-state index contributed by atoms with van der Waals surface area (Å²) in [4.78, 5) is 37.8. The van der Waals surface area contributed by atoms with Crippen LogP contribution in [0.4, 0.5) is 10.6 Å². The number of hydrogen-bond donors (Lipinski definition) is 1. The van der Waals surface area contributed by atoms with Gasteiger partial charge in [0.15, 0.2) is 11.0 Å². The molecule has 1 N–H and O–H groups in total. The molecule has 36 heavy (non-hydrogen) atoms. The first-order chi connectivity index (χ1) is 17.3. The maximum absolute atomic E-state index is 13.8. The smallest absolute Gasteiger partial charge is 0.322 e. The van der Waals surface area contributed by atoms with Crippen LogP contribution in [-0.2, 0) is 11.8 Å². The number of imidazole rings is 1. The number of fused-ring (bicyclic) bond motifs is 1. The number of thiazole rings is 1. The Labute approximate surface area is 219 Å². The monoisotopic (exact) mass is 520 g/mol. The lowest BCUT2D eigenvalue weighted by Crippen LogP contribution is -2.61. The van der Waals surface area contributed by atoms with Gasteiger partial charge in [-0.15, -0.1) is 11.3 Å². The summed E-state index contributed by atoms with van der Waals surface area (Å²) in [6, 6.07) is 15.7. The molecule has 9 heteroatoms. The Hall–Kier alpha value is -3.01. The number of nitrogens with zero attached hydrogens (tertiary/aromatic N) is 4.